The maximum absolute atomic E-state index is 5.44. The first-order chi connectivity index (χ1) is 12.8. The van der Waals surface area contributed by atoms with E-state index in [1.807, 2.05) is 22.9 Å². The van der Waals surface area contributed by atoms with E-state index in [-0.39, 0.29) is 0 Å². The summed E-state index contributed by atoms with van der Waals surface area (Å²) in [4.78, 5) is 8.85. The van der Waals surface area contributed by atoms with E-state index in [4.69, 9.17) is 9.47 Å². The van der Waals surface area contributed by atoms with Gasteiger partial charge in [-0.25, -0.2) is 14.6 Å². The number of thioether (sulfide) groups is 1. The second-order valence-corrected chi connectivity index (χ2v) is 7.46. The molecule has 26 heavy (non-hydrogen) atoms. The van der Waals surface area contributed by atoms with Gasteiger partial charge in [0.1, 0.15) is 11.4 Å². The first kappa shape index (κ1) is 15.7. The summed E-state index contributed by atoms with van der Waals surface area (Å²) < 4.78 is 12.8. The number of ether oxygens (including phenoxy) is 2. The molecule has 3 aromatic rings. The Morgan fingerprint density at radius 2 is 2.04 bits per heavy atom. The summed E-state index contributed by atoms with van der Waals surface area (Å²) in [6, 6.07) is 8.07. The molecule has 0 amide bonds. The highest BCUT2D eigenvalue weighted by Gasteiger charge is 2.21. The third kappa shape index (κ3) is 2.72. The van der Waals surface area contributed by atoms with Crippen molar-refractivity contribution >= 4 is 11.8 Å². The summed E-state index contributed by atoms with van der Waals surface area (Å²) in [5.41, 5.74) is 4.98. The number of benzene rings is 1. The molecule has 1 aromatic carbocycles. The molecule has 0 radical (unpaired) electrons. The highest BCUT2D eigenvalue weighted by molar-refractivity contribution is 7.98. The minimum absolute atomic E-state index is 0.300. The van der Waals surface area contributed by atoms with Gasteiger partial charge in [0.2, 0.25) is 6.79 Å². The normalized spacial score (nSPS) is 14.7. The minimum atomic E-state index is 0.300. The average molecular weight is 366 g/mol. The summed E-state index contributed by atoms with van der Waals surface area (Å²) in [6.07, 6.45) is 5.01. The van der Waals surface area contributed by atoms with Crippen LogP contribution in [-0.2, 0) is 18.6 Å². The average Bonchev–Trinajstić information content (AvgIpc) is 3.38. The first-order valence-electron chi connectivity index (χ1n) is 8.69. The molecule has 7 heteroatoms. The number of aryl methyl sites for hydroxylation is 1. The number of fused-ring (bicyclic) bond motifs is 2. The van der Waals surface area contributed by atoms with Gasteiger partial charge in [-0.05, 0) is 49.4 Å². The van der Waals surface area contributed by atoms with Gasteiger partial charge in [-0.2, -0.15) is 5.10 Å². The van der Waals surface area contributed by atoms with E-state index < -0.39 is 0 Å². The minimum Gasteiger partial charge on any atom is -0.454 e. The lowest BCUT2D eigenvalue weighted by molar-refractivity contribution is 0.174. The predicted octanol–water partition coefficient (Wildman–Crippen LogP) is 3.48. The first-order valence-corrected chi connectivity index (χ1v) is 9.67. The van der Waals surface area contributed by atoms with E-state index in [2.05, 4.69) is 28.1 Å². The fourth-order valence-corrected chi connectivity index (χ4v) is 4.33. The van der Waals surface area contributed by atoms with Crippen molar-refractivity contribution in [1.82, 2.24) is 19.7 Å². The largest absolute Gasteiger partial charge is 0.454 e. The van der Waals surface area contributed by atoms with Crippen LogP contribution < -0.4 is 9.47 Å². The van der Waals surface area contributed by atoms with E-state index >= 15 is 0 Å². The molecule has 6 nitrogen and oxygen atoms in total. The molecule has 5 rings (SSSR count). The van der Waals surface area contributed by atoms with Gasteiger partial charge in [-0.15, -0.1) is 11.8 Å². The fraction of sp³-hybridized carbons (Fsp3) is 0.316. The van der Waals surface area contributed by atoms with E-state index in [9.17, 15) is 0 Å². The van der Waals surface area contributed by atoms with Gasteiger partial charge in [0.05, 0.1) is 5.69 Å². The van der Waals surface area contributed by atoms with Gasteiger partial charge < -0.3 is 9.47 Å². The Balaban J connectivity index is 1.36. The summed E-state index contributed by atoms with van der Waals surface area (Å²) in [6.45, 7) is 2.38. The van der Waals surface area contributed by atoms with Gasteiger partial charge >= 0.3 is 0 Å². The molecule has 0 saturated carbocycles. The number of hydrogen-bond donors (Lipinski definition) is 0. The molecule has 0 atom stereocenters. The Labute approximate surface area is 155 Å². The zero-order valence-electron chi connectivity index (χ0n) is 14.4. The van der Waals surface area contributed by atoms with Crippen LogP contribution in [0.2, 0.25) is 0 Å². The van der Waals surface area contributed by atoms with Crippen molar-refractivity contribution in [3.05, 3.63) is 53.1 Å². The van der Waals surface area contributed by atoms with Crippen molar-refractivity contribution in [2.45, 2.75) is 37.0 Å². The van der Waals surface area contributed by atoms with Gasteiger partial charge in [-0.1, -0.05) is 6.07 Å². The SMILES string of the molecule is Cc1nn(-c2cc(SCc3ccc4c(c3)OCO4)ncn2)c2c1CCC2. The smallest absolute Gasteiger partial charge is 0.231 e. The van der Waals surface area contributed by atoms with Crippen molar-refractivity contribution in [2.75, 3.05) is 6.79 Å². The molecule has 3 heterocycles. The predicted molar refractivity (Wildman–Crippen MR) is 98.0 cm³/mol. The van der Waals surface area contributed by atoms with E-state index in [0.29, 0.717) is 6.79 Å². The van der Waals surface area contributed by atoms with Crippen molar-refractivity contribution in [1.29, 1.82) is 0 Å². The highest BCUT2D eigenvalue weighted by atomic mass is 32.2. The summed E-state index contributed by atoms with van der Waals surface area (Å²) in [7, 11) is 0. The quantitative estimate of drug-likeness (QED) is 0.520. The van der Waals surface area contributed by atoms with Gasteiger partial charge in [-0.3, -0.25) is 0 Å². The summed E-state index contributed by atoms with van der Waals surface area (Å²) >= 11 is 1.68. The van der Waals surface area contributed by atoms with Crippen LogP contribution in [0.25, 0.3) is 5.82 Å². The maximum Gasteiger partial charge on any atom is 0.231 e. The second-order valence-electron chi connectivity index (χ2n) is 6.47. The summed E-state index contributed by atoms with van der Waals surface area (Å²) in [5, 5.41) is 5.63. The van der Waals surface area contributed by atoms with Gasteiger partial charge in [0, 0.05) is 17.5 Å². The van der Waals surface area contributed by atoms with Crippen molar-refractivity contribution in [3.8, 4) is 17.3 Å². The zero-order valence-corrected chi connectivity index (χ0v) is 15.3. The zero-order chi connectivity index (χ0) is 17.5. The van der Waals surface area contributed by atoms with E-state index in [1.54, 1.807) is 18.1 Å². The van der Waals surface area contributed by atoms with Crippen LogP contribution in [0.5, 0.6) is 11.5 Å². The standard InChI is InChI=1S/C19H18N4O2S/c1-12-14-3-2-4-15(14)23(22-12)18-8-19(21-10-20-18)26-9-13-5-6-16-17(7-13)25-11-24-16/h5-8,10H,2-4,9,11H2,1H3. The lowest BCUT2D eigenvalue weighted by atomic mass is 10.2. The lowest BCUT2D eigenvalue weighted by Gasteiger charge is -2.07. The molecule has 0 saturated heterocycles. The van der Waals surface area contributed by atoms with Crippen molar-refractivity contribution in [3.63, 3.8) is 0 Å². The topological polar surface area (TPSA) is 62.1 Å². The number of hydrogen-bond acceptors (Lipinski definition) is 6. The molecule has 1 aliphatic carbocycles. The van der Waals surface area contributed by atoms with Crippen LogP contribution >= 0.6 is 11.8 Å². The molecule has 0 N–H and O–H groups in total. The van der Waals surface area contributed by atoms with Crippen LogP contribution in [0, 0.1) is 6.92 Å². The third-order valence-electron chi connectivity index (χ3n) is 4.80. The summed E-state index contributed by atoms with van der Waals surface area (Å²) in [5.74, 6) is 3.28. The molecular weight excluding hydrogens is 348 g/mol. The Hall–Kier alpha value is -2.54. The number of aromatic nitrogens is 4. The Bertz CT molecular complexity index is 986. The van der Waals surface area contributed by atoms with Crippen LogP contribution in [0.4, 0.5) is 0 Å². The molecule has 132 valence electrons. The van der Waals surface area contributed by atoms with Crippen molar-refractivity contribution in [2.24, 2.45) is 0 Å². The molecule has 2 aromatic heterocycles. The van der Waals surface area contributed by atoms with Gasteiger partial charge in [0.25, 0.3) is 0 Å². The molecule has 0 unspecified atom stereocenters. The molecular formula is C19H18N4O2S. The fourth-order valence-electron chi connectivity index (χ4n) is 3.52. The van der Waals surface area contributed by atoms with Crippen LogP contribution in [-0.4, -0.2) is 26.5 Å². The molecule has 0 spiro atoms. The van der Waals surface area contributed by atoms with Crippen LogP contribution in [0.15, 0.2) is 35.6 Å². The van der Waals surface area contributed by atoms with Crippen LogP contribution in [0.1, 0.15) is 28.9 Å². The second kappa shape index (κ2) is 6.32. The van der Waals surface area contributed by atoms with E-state index in [0.717, 1.165) is 46.6 Å². The molecule has 0 fully saturated rings. The Kier molecular flexibility index (Phi) is 3.81. The third-order valence-corrected chi connectivity index (χ3v) is 5.80. The monoisotopic (exact) mass is 366 g/mol. The maximum atomic E-state index is 5.44. The Morgan fingerprint density at radius 3 is 3.00 bits per heavy atom. The lowest BCUT2D eigenvalue weighted by Crippen LogP contribution is -2.04. The number of nitrogens with zero attached hydrogens (tertiary/aromatic N) is 4. The van der Waals surface area contributed by atoms with Crippen molar-refractivity contribution < 1.29 is 9.47 Å². The van der Waals surface area contributed by atoms with Gasteiger partial charge in [0.15, 0.2) is 17.3 Å². The van der Waals surface area contributed by atoms with Crippen LogP contribution in [0.3, 0.4) is 0 Å². The molecule has 2 aliphatic rings. The van der Waals surface area contributed by atoms with E-state index in [1.165, 1.54) is 23.2 Å². The highest BCUT2D eigenvalue weighted by Crippen LogP contribution is 2.34. The molecule has 0 bridgehead atoms. The molecule has 1 aliphatic heterocycles. The Morgan fingerprint density at radius 1 is 1.12 bits per heavy atom. The number of rotatable bonds is 4.